The Morgan fingerprint density at radius 2 is 1.79 bits per heavy atom. The number of aromatic nitrogens is 4. The number of nitrogens with one attached hydrogen (secondary N) is 1. The number of hydrogen-bond acceptors (Lipinski definition) is 6. The number of oxazole rings is 1. The van der Waals surface area contributed by atoms with Gasteiger partial charge in [0, 0.05) is 5.69 Å². The van der Waals surface area contributed by atoms with Gasteiger partial charge in [0.05, 0.1) is 5.75 Å². The van der Waals surface area contributed by atoms with Gasteiger partial charge < -0.3 is 9.73 Å². The smallest absolute Gasteiger partial charge is 0.257 e. The topological polar surface area (TPSA) is 85.8 Å². The van der Waals surface area contributed by atoms with E-state index in [1.807, 2.05) is 68.4 Å². The Hall–Kier alpha value is -3.65. The number of hydrogen-bond donors (Lipinski definition) is 1. The molecule has 0 atom stereocenters. The lowest BCUT2D eigenvalue weighted by Gasteiger charge is -2.12. The average Bonchev–Trinajstić information content (AvgIpc) is 3.42. The van der Waals surface area contributed by atoms with E-state index in [0.29, 0.717) is 16.3 Å². The third-order valence-corrected chi connectivity index (χ3v) is 6.26. The summed E-state index contributed by atoms with van der Waals surface area (Å²) in [6.45, 7) is 6.07. The number of carbonyl (C=O) groups is 1. The Morgan fingerprint density at radius 1 is 1.03 bits per heavy atom. The number of benzene rings is 3. The van der Waals surface area contributed by atoms with Gasteiger partial charge in [-0.1, -0.05) is 49.0 Å². The van der Waals surface area contributed by atoms with Crippen molar-refractivity contribution in [3.8, 4) is 5.69 Å². The highest BCUT2D eigenvalue weighted by molar-refractivity contribution is 7.99. The van der Waals surface area contributed by atoms with Gasteiger partial charge in [-0.15, -0.1) is 15.0 Å². The maximum absolute atomic E-state index is 12.6. The van der Waals surface area contributed by atoms with E-state index in [1.54, 1.807) is 4.80 Å². The second kappa shape index (κ2) is 8.71. The molecule has 1 N–H and O–H groups in total. The monoisotopic (exact) mass is 457 g/mol. The number of nitrogens with zero attached hydrogens (tertiary/aromatic N) is 4. The zero-order valence-electron chi connectivity index (χ0n) is 18.6. The van der Waals surface area contributed by atoms with Crippen molar-refractivity contribution in [2.75, 3.05) is 11.1 Å². The molecule has 0 saturated carbocycles. The molecule has 0 spiro atoms. The van der Waals surface area contributed by atoms with E-state index in [2.05, 4.69) is 27.4 Å². The molecule has 0 fully saturated rings. The second-order valence-corrected chi connectivity index (χ2v) is 8.82. The first-order chi connectivity index (χ1) is 16.0. The Balaban J connectivity index is 1.39. The minimum Gasteiger partial charge on any atom is -0.429 e. The van der Waals surface area contributed by atoms with Crippen LogP contribution < -0.4 is 5.32 Å². The molecular formula is C25H23N5O2S. The lowest BCUT2D eigenvalue weighted by molar-refractivity contribution is -0.113. The van der Waals surface area contributed by atoms with Crippen molar-refractivity contribution in [1.29, 1.82) is 0 Å². The van der Waals surface area contributed by atoms with E-state index < -0.39 is 0 Å². The van der Waals surface area contributed by atoms with Crippen LogP contribution >= 0.6 is 11.8 Å². The molecule has 2 heterocycles. The van der Waals surface area contributed by atoms with Crippen molar-refractivity contribution >= 4 is 45.5 Å². The quantitative estimate of drug-likeness (QED) is 0.340. The first kappa shape index (κ1) is 21.2. The van der Waals surface area contributed by atoms with Crippen molar-refractivity contribution in [3.05, 3.63) is 71.3 Å². The Morgan fingerprint density at radius 3 is 2.52 bits per heavy atom. The van der Waals surface area contributed by atoms with Crippen LogP contribution in [0.1, 0.15) is 23.6 Å². The molecule has 0 saturated heterocycles. The van der Waals surface area contributed by atoms with Crippen molar-refractivity contribution < 1.29 is 9.21 Å². The summed E-state index contributed by atoms with van der Waals surface area (Å²) in [7, 11) is 0. The zero-order chi connectivity index (χ0) is 22.9. The first-order valence-electron chi connectivity index (χ1n) is 10.8. The normalized spacial score (nSPS) is 11.4. The number of carbonyl (C=O) groups excluding carboxylic acids is 1. The molecule has 0 aliphatic carbocycles. The van der Waals surface area contributed by atoms with Gasteiger partial charge in [0.15, 0.2) is 5.58 Å². The van der Waals surface area contributed by atoms with Gasteiger partial charge in [0.25, 0.3) is 5.22 Å². The van der Waals surface area contributed by atoms with Gasteiger partial charge in [-0.25, -0.2) is 4.98 Å². The number of aryl methyl sites for hydroxylation is 3. The predicted octanol–water partition coefficient (Wildman–Crippen LogP) is 5.47. The number of para-hydroxylation sites is 1. The molecule has 0 bridgehead atoms. The standard InChI is InChI=1S/C25H23N5O2S/c1-4-17-9-7-8-16(3)23(17)27-22(31)14-33-25-26-20-12-15(2)13-21(24(20)32-25)30-28-18-10-5-6-11-19(18)29-30/h5-13H,4,14H2,1-3H3,(H,27,31). The molecule has 33 heavy (non-hydrogen) atoms. The van der Waals surface area contributed by atoms with Gasteiger partial charge in [0.1, 0.15) is 22.2 Å². The molecule has 5 aromatic rings. The molecule has 3 aromatic carbocycles. The summed E-state index contributed by atoms with van der Waals surface area (Å²) in [6.07, 6.45) is 0.855. The minimum atomic E-state index is -0.0948. The molecule has 8 heteroatoms. The Kier molecular flexibility index (Phi) is 5.60. The van der Waals surface area contributed by atoms with Gasteiger partial charge >= 0.3 is 0 Å². The highest BCUT2D eigenvalue weighted by Crippen LogP contribution is 2.30. The van der Waals surface area contributed by atoms with Crippen molar-refractivity contribution in [3.63, 3.8) is 0 Å². The van der Waals surface area contributed by atoms with Crippen LogP contribution in [0.25, 0.3) is 27.8 Å². The third-order valence-electron chi connectivity index (χ3n) is 5.43. The number of amides is 1. The van der Waals surface area contributed by atoms with E-state index in [4.69, 9.17) is 4.42 Å². The highest BCUT2D eigenvalue weighted by Gasteiger charge is 2.17. The fourth-order valence-electron chi connectivity index (χ4n) is 3.81. The number of rotatable bonds is 6. The van der Waals surface area contributed by atoms with Crippen LogP contribution in [0.5, 0.6) is 0 Å². The minimum absolute atomic E-state index is 0.0948. The van der Waals surface area contributed by atoms with E-state index in [-0.39, 0.29) is 11.7 Å². The maximum Gasteiger partial charge on any atom is 0.257 e. The van der Waals surface area contributed by atoms with Crippen LogP contribution in [0.3, 0.4) is 0 Å². The van der Waals surface area contributed by atoms with Crippen LogP contribution in [-0.4, -0.2) is 31.6 Å². The molecule has 166 valence electrons. The van der Waals surface area contributed by atoms with E-state index in [9.17, 15) is 4.79 Å². The van der Waals surface area contributed by atoms with Crippen molar-refractivity contribution in [2.24, 2.45) is 0 Å². The third kappa shape index (κ3) is 4.21. The highest BCUT2D eigenvalue weighted by atomic mass is 32.2. The predicted molar refractivity (Wildman–Crippen MR) is 131 cm³/mol. The average molecular weight is 458 g/mol. The van der Waals surface area contributed by atoms with Crippen LogP contribution in [0.2, 0.25) is 0 Å². The summed E-state index contributed by atoms with van der Waals surface area (Å²) < 4.78 is 6.04. The second-order valence-electron chi connectivity index (χ2n) is 7.89. The van der Waals surface area contributed by atoms with E-state index >= 15 is 0 Å². The molecule has 0 aliphatic heterocycles. The Labute approximate surface area is 195 Å². The van der Waals surface area contributed by atoms with Crippen LogP contribution in [0.15, 0.2) is 64.2 Å². The first-order valence-corrected chi connectivity index (χ1v) is 11.7. The summed E-state index contributed by atoms with van der Waals surface area (Å²) in [5, 5.41) is 12.6. The summed E-state index contributed by atoms with van der Waals surface area (Å²) in [5.41, 5.74) is 7.71. The molecule has 0 unspecified atom stereocenters. The zero-order valence-corrected chi connectivity index (χ0v) is 19.4. The fraction of sp³-hybridized carbons (Fsp3) is 0.200. The van der Waals surface area contributed by atoms with Crippen LogP contribution in [0.4, 0.5) is 5.69 Å². The molecule has 1 amide bonds. The lowest BCUT2D eigenvalue weighted by Crippen LogP contribution is -2.16. The maximum atomic E-state index is 12.6. The van der Waals surface area contributed by atoms with E-state index in [1.165, 1.54) is 11.8 Å². The van der Waals surface area contributed by atoms with Gasteiger partial charge in [-0.2, -0.15) is 0 Å². The fourth-order valence-corrected chi connectivity index (χ4v) is 4.45. The number of anilines is 1. The molecular weight excluding hydrogens is 434 g/mol. The Bertz CT molecular complexity index is 1450. The number of fused-ring (bicyclic) bond motifs is 2. The molecule has 2 aromatic heterocycles. The van der Waals surface area contributed by atoms with E-state index in [0.717, 1.165) is 45.5 Å². The van der Waals surface area contributed by atoms with Crippen molar-refractivity contribution in [1.82, 2.24) is 20.0 Å². The molecule has 0 aliphatic rings. The SMILES string of the molecule is CCc1cccc(C)c1NC(=O)CSc1nc2cc(C)cc(-n3nc4ccccc4n3)c2o1. The van der Waals surface area contributed by atoms with Gasteiger partial charge in [-0.05, 0) is 61.2 Å². The summed E-state index contributed by atoms with van der Waals surface area (Å²) >= 11 is 1.27. The molecule has 5 rings (SSSR count). The summed E-state index contributed by atoms with van der Waals surface area (Å²) in [6, 6.07) is 17.7. The van der Waals surface area contributed by atoms with Crippen LogP contribution in [-0.2, 0) is 11.2 Å². The van der Waals surface area contributed by atoms with Crippen molar-refractivity contribution in [2.45, 2.75) is 32.4 Å². The van der Waals surface area contributed by atoms with Gasteiger partial charge in [-0.3, -0.25) is 4.79 Å². The molecule has 0 radical (unpaired) electrons. The summed E-state index contributed by atoms with van der Waals surface area (Å²) in [5.74, 6) is 0.102. The lowest BCUT2D eigenvalue weighted by atomic mass is 10.1. The van der Waals surface area contributed by atoms with Crippen LogP contribution in [0, 0.1) is 13.8 Å². The largest absolute Gasteiger partial charge is 0.429 e. The number of thioether (sulfide) groups is 1. The summed E-state index contributed by atoms with van der Waals surface area (Å²) in [4.78, 5) is 18.8. The molecule has 7 nitrogen and oxygen atoms in total. The van der Waals surface area contributed by atoms with Gasteiger partial charge in [0.2, 0.25) is 5.91 Å².